The highest BCUT2D eigenvalue weighted by Crippen LogP contribution is 2.22. The molecule has 0 aromatic heterocycles. The minimum atomic E-state index is 0.882. The predicted molar refractivity (Wildman–Crippen MR) is 76.4 cm³/mol. The lowest BCUT2D eigenvalue weighted by Gasteiger charge is -2.24. The van der Waals surface area contributed by atoms with Crippen LogP contribution in [-0.2, 0) is 0 Å². The zero-order valence-electron chi connectivity index (χ0n) is 10.3. The van der Waals surface area contributed by atoms with Crippen molar-refractivity contribution in [3.8, 4) is 0 Å². The van der Waals surface area contributed by atoms with Gasteiger partial charge in [0.1, 0.15) is 0 Å². The molecule has 0 heterocycles. The minimum absolute atomic E-state index is 0.882. The summed E-state index contributed by atoms with van der Waals surface area (Å²) in [7, 11) is 0. The number of anilines is 2. The molecule has 3 heteroatoms. The van der Waals surface area contributed by atoms with Crippen LogP contribution in [0.25, 0.3) is 0 Å². The summed E-state index contributed by atoms with van der Waals surface area (Å²) in [6.45, 7) is 6.50. The van der Waals surface area contributed by atoms with Crippen molar-refractivity contribution >= 4 is 23.1 Å². The lowest BCUT2D eigenvalue weighted by Crippen LogP contribution is -2.25. The van der Waals surface area contributed by atoms with Crippen LogP contribution in [0.4, 0.5) is 11.4 Å². The average molecular weight is 238 g/mol. The molecule has 0 spiro atoms. The van der Waals surface area contributed by atoms with Crippen molar-refractivity contribution in [1.29, 1.82) is 0 Å². The van der Waals surface area contributed by atoms with E-state index < -0.39 is 0 Å². The number of hydrogen-bond acceptors (Lipinski definition) is 3. The minimum Gasteiger partial charge on any atom is -0.397 e. The van der Waals surface area contributed by atoms with Crippen molar-refractivity contribution in [1.82, 2.24) is 0 Å². The normalized spacial score (nSPS) is 10.4. The Hall–Kier alpha value is -0.830. The summed E-state index contributed by atoms with van der Waals surface area (Å²) in [6, 6.07) is 8.11. The maximum Gasteiger partial charge on any atom is 0.0599 e. The van der Waals surface area contributed by atoms with Crippen LogP contribution in [0.15, 0.2) is 24.3 Å². The van der Waals surface area contributed by atoms with E-state index in [0.29, 0.717) is 0 Å². The molecular formula is C13H22N2S. The molecule has 0 radical (unpaired) electrons. The Balaban J connectivity index is 2.51. The van der Waals surface area contributed by atoms with Gasteiger partial charge >= 0.3 is 0 Å². The van der Waals surface area contributed by atoms with Gasteiger partial charge in [-0.25, -0.2) is 0 Å². The quantitative estimate of drug-likeness (QED) is 0.584. The van der Waals surface area contributed by atoms with Crippen molar-refractivity contribution in [3.63, 3.8) is 0 Å². The van der Waals surface area contributed by atoms with E-state index in [1.807, 2.05) is 23.9 Å². The summed E-state index contributed by atoms with van der Waals surface area (Å²) in [4.78, 5) is 2.35. The van der Waals surface area contributed by atoms with E-state index in [9.17, 15) is 0 Å². The van der Waals surface area contributed by atoms with Gasteiger partial charge in [0.25, 0.3) is 0 Å². The maximum absolute atomic E-state index is 5.98. The first-order valence-electron chi connectivity index (χ1n) is 5.96. The number of hydrogen-bond donors (Lipinski definition) is 1. The van der Waals surface area contributed by atoms with Crippen molar-refractivity contribution in [2.45, 2.75) is 20.3 Å². The van der Waals surface area contributed by atoms with Gasteiger partial charge in [-0.1, -0.05) is 19.1 Å². The Morgan fingerprint density at radius 3 is 2.62 bits per heavy atom. The van der Waals surface area contributed by atoms with Gasteiger partial charge in [0.2, 0.25) is 0 Å². The van der Waals surface area contributed by atoms with Crippen molar-refractivity contribution in [2.75, 3.05) is 35.2 Å². The molecule has 0 saturated carbocycles. The summed E-state index contributed by atoms with van der Waals surface area (Å²) >= 11 is 2.00. The fourth-order valence-corrected chi connectivity index (χ4v) is 2.35. The summed E-state index contributed by atoms with van der Waals surface area (Å²) in [6.07, 6.45) is 1.22. The maximum atomic E-state index is 5.98. The second kappa shape index (κ2) is 7.44. The van der Waals surface area contributed by atoms with Crippen LogP contribution in [0.2, 0.25) is 0 Å². The van der Waals surface area contributed by atoms with Crippen molar-refractivity contribution < 1.29 is 0 Å². The molecule has 0 amide bonds. The standard InChI is InChI=1S/C13H22N2S/c1-3-15(10-7-11-16-4-2)13-9-6-5-8-12(13)14/h5-6,8-9H,3-4,7,10-11,14H2,1-2H3. The number of benzene rings is 1. The zero-order chi connectivity index (χ0) is 11.8. The number of thioether (sulfide) groups is 1. The third-order valence-electron chi connectivity index (χ3n) is 2.58. The van der Waals surface area contributed by atoms with Crippen LogP contribution < -0.4 is 10.6 Å². The van der Waals surface area contributed by atoms with E-state index in [1.54, 1.807) is 0 Å². The van der Waals surface area contributed by atoms with Crippen LogP contribution in [0.5, 0.6) is 0 Å². The molecule has 16 heavy (non-hydrogen) atoms. The molecule has 0 unspecified atom stereocenters. The Morgan fingerprint density at radius 1 is 1.25 bits per heavy atom. The van der Waals surface area contributed by atoms with Crippen molar-refractivity contribution in [3.05, 3.63) is 24.3 Å². The van der Waals surface area contributed by atoms with Gasteiger partial charge < -0.3 is 10.6 Å². The van der Waals surface area contributed by atoms with Crippen LogP contribution >= 0.6 is 11.8 Å². The summed E-state index contributed by atoms with van der Waals surface area (Å²) < 4.78 is 0. The van der Waals surface area contributed by atoms with Gasteiger partial charge in [-0.3, -0.25) is 0 Å². The second-order valence-electron chi connectivity index (χ2n) is 3.69. The Bertz CT molecular complexity index is 302. The number of para-hydroxylation sites is 2. The van der Waals surface area contributed by atoms with E-state index in [-0.39, 0.29) is 0 Å². The average Bonchev–Trinajstić information content (AvgIpc) is 2.31. The van der Waals surface area contributed by atoms with Gasteiger partial charge in [-0.15, -0.1) is 0 Å². The smallest absolute Gasteiger partial charge is 0.0599 e. The second-order valence-corrected chi connectivity index (χ2v) is 5.08. The molecule has 90 valence electrons. The fraction of sp³-hybridized carbons (Fsp3) is 0.538. The van der Waals surface area contributed by atoms with Crippen LogP contribution in [0, 0.1) is 0 Å². The number of nitrogens with zero attached hydrogens (tertiary/aromatic N) is 1. The fourth-order valence-electron chi connectivity index (χ4n) is 1.73. The zero-order valence-corrected chi connectivity index (χ0v) is 11.1. The highest BCUT2D eigenvalue weighted by molar-refractivity contribution is 7.99. The summed E-state index contributed by atoms with van der Waals surface area (Å²) in [5, 5.41) is 0. The lowest BCUT2D eigenvalue weighted by atomic mass is 10.2. The molecule has 1 rings (SSSR count). The topological polar surface area (TPSA) is 29.3 Å². The molecule has 0 saturated heterocycles. The molecule has 1 aromatic rings. The highest BCUT2D eigenvalue weighted by atomic mass is 32.2. The molecular weight excluding hydrogens is 216 g/mol. The Kier molecular flexibility index (Phi) is 6.16. The monoisotopic (exact) mass is 238 g/mol. The highest BCUT2D eigenvalue weighted by Gasteiger charge is 2.06. The van der Waals surface area contributed by atoms with Gasteiger partial charge in [-0.2, -0.15) is 11.8 Å². The predicted octanol–water partition coefficient (Wildman–Crippen LogP) is 3.24. The van der Waals surface area contributed by atoms with Gasteiger partial charge in [0.05, 0.1) is 11.4 Å². The summed E-state index contributed by atoms with van der Waals surface area (Å²) in [5.41, 5.74) is 8.04. The van der Waals surface area contributed by atoms with Gasteiger partial charge in [0, 0.05) is 13.1 Å². The Labute approximate surface area is 103 Å². The number of nitrogen functional groups attached to an aromatic ring is 1. The van der Waals surface area contributed by atoms with Crippen LogP contribution in [0.1, 0.15) is 20.3 Å². The van der Waals surface area contributed by atoms with E-state index in [4.69, 9.17) is 5.73 Å². The van der Waals surface area contributed by atoms with Crippen molar-refractivity contribution in [2.24, 2.45) is 0 Å². The number of rotatable bonds is 7. The molecule has 0 aliphatic rings. The third-order valence-corrected chi connectivity index (χ3v) is 3.57. The van der Waals surface area contributed by atoms with Gasteiger partial charge in [-0.05, 0) is 37.0 Å². The van der Waals surface area contributed by atoms with E-state index in [1.165, 1.54) is 23.6 Å². The van der Waals surface area contributed by atoms with E-state index in [0.717, 1.165) is 18.8 Å². The molecule has 0 atom stereocenters. The SMILES string of the molecule is CCSCCCN(CC)c1ccccc1N. The molecule has 0 aliphatic carbocycles. The van der Waals surface area contributed by atoms with E-state index >= 15 is 0 Å². The van der Waals surface area contributed by atoms with E-state index in [2.05, 4.69) is 30.9 Å². The third kappa shape index (κ3) is 3.97. The Morgan fingerprint density at radius 2 is 2.00 bits per heavy atom. The molecule has 2 N–H and O–H groups in total. The summed E-state index contributed by atoms with van der Waals surface area (Å²) in [5.74, 6) is 2.44. The molecule has 2 nitrogen and oxygen atoms in total. The first-order valence-corrected chi connectivity index (χ1v) is 7.12. The van der Waals surface area contributed by atoms with Crippen LogP contribution in [0.3, 0.4) is 0 Å². The largest absolute Gasteiger partial charge is 0.397 e. The number of nitrogens with two attached hydrogens (primary N) is 1. The molecule has 1 aromatic carbocycles. The van der Waals surface area contributed by atoms with Gasteiger partial charge in [0.15, 0.2) is 0 Å². The first-order chi connectivity index (χ1) is 7.79. The molecule has 0 bridgehead atoms. The van der Waals surface area contributed by atoms with Crippen LogP contribution in [-0.4, -0.2) is 24.6 Å². The lowest BCUT2D eigenvalue weighted by molar-refractivity contribution is 0.798. The molecule has 0 fully saturated rings. The molecule has 0 aliphatic heterocycles. The first kappa shape index (κ1) is 13.2.